The quantitative estimate of drug-likeness (QED) is 0.290. The van der Waals surface area contributed by atoms with E-state index in [9.17, 15) is 14.4 Å². The molecule has 3 fully saturated rings. The standard InChI is InChI=1S/C41H51FN6O3S/c1-41(2,3)46-26-24-45(25-27-46)37-32(13-9-14-33(37)42)39-48(22-16-29-10-5-4-6-11-29)38(50)35(52-39)28-36(49)44-20-18-31(19-21-44)47-23-17-30-12-7-8-15-34(30)43-40(47)51/h4-15,31,35,39H,16-28H2,1-3H3,(H,43,51)/t35-,39+/m0/s1. The highest BCUT2D eigenvalue weighted by Crippen LogP contribution is 2.48. The van der Waals surface area contributed by atoms with Crippen LogP contribution in [-0.2, 0) is 22.4 Å². The van der Waals surface area contributed by atoms with Crippen LogP contribution in [0.5, 0.6) is 0 Å². The third-order valence-electron chi connectivity index (χ3n) is 11.2. The molecule has 276 valence electrons. The molecule has 0 unspecified atom stereocenters. The summed E-state index contributed by atoms with van der Waals surface area (Å²) >= 11 is 1.48. The van der Waals surface area contributed by atoms with E-state index < -0.39 is 10.6 Å². The molecule has 7 rings (SSSR count). The predicted octanol–water partition coefficient (Wildman–Crippen LogP) is 6.40. The van der Waals surface area contributed by atoms with Crippen LogP contribution in [0, 0.1) is 5.82 Å². The maximum absolute atomic E-state index is 15.9. The van der Waals surface area contributed by atoms with Crippen molar-refractivity contribution in [3.8, 4) is 0 Å². The Balaban J connectivity index is 1.04. The minimum atomic E-state index is -0.560. The SMILES string of the molecule is CC(C)(C)N1CCN(c2c(F)cccc2[C@H]2S[C@@H](CC(=O)N3CCC(N4CCc5ccccc5NC4=O)CC3)C(=O)N2CCc2ccccc2)CC1. The molecule has 4 aliphatic rings. The average Bonchev–Trinajstić information content (AvgIpc) is 3.34. The molecule has 2 atom stereocenters. The number of fused-ring (bicyclic) bond motifs is 1. The Morgan fingerprint density at radius 3 is 2.31 bits per heavy atom. The summed E-state index contributed by atoms with van der Waals surface area (Å²) in [4.78, 5) is 51.4. The van der Waals surface area contributed by atoms with Gasteiger partial charge in [-0.3, -0.25) is 14.5 Å². The summed E-state index contributed by atoms with van der Waals surface area (Å²) in [6, 6.07) is 23.2. The Morgan fingerprint density at radius 2 is 1.58 bits per heavy atom. The summed E-state index contributed by atoms with van der Waals surface area (Å²) in [6.45, 7) is 11.9. The maximum Gasteiger partial charge on any atom is 0.322 e. The van der Waals surface area contributed by atoms with Crippen LogP contribution in [-0.4, -0.2) is 107 Å². The first-order valence-electron chi connectivity index (χ1n) is 18.8. The number of nitrogens with one attached hydrogen (secondary N) is 1. The van der Waals surface area contributed by atoms with Gasteiger partial charge in [0, 0.05) is 81.6 Å². The van der Waals surface area contributed by atoms with Crippen molar-refractivity contribution in [2.75, 3.05) is 62.6 Å². The maximum atomic E-state index is 15.9. The number of piperazine rings is 1. The number of amides is 4. The normalized spacial score (nSPS) is 22.0. The van der Waals surface area contributed by atoms with Crippen molar-refractivity contribution in [2.24, 2.45) is 0 Å². The molecule has 3 aromatic carbocycles. The second kappa shape index (κ2) is 15.5. The fourth-order valence-electron chi connectivity index (χ4n) is 8.20. The summed E-state index contributed by atoms with van der Waals surface area (Å²) in [5.41, 5.74) is 4.53. The minimum absolute atomic E-state index is 0.0370. The minimum Gasteiger partial charge on any atom is -0.366 e. The van der Waals surface area contributed by atoms with E-state index in [4.69, 9.17) is 0 Å². The van der Waals surface area contributed by atoms with Gasteiger partial charge in [0.15, 0.2) is 0 Å². The van der Waals surface area contributed by atoms with Gasteiger partial charge in [0.25, 0.3) is 0 Å². The van der Waals surface area contributed by atoms with Gasteiger partial charge >= 0.3 is 6.03 Å². The van der Waals surface area contributed by atoms with Crippen LogP contribution >= 0.6 is 11.8 Å². The number of para-hydroxylation sites is 2. The molecule has 9 nitrogen and oxygen atoms in total. The zero-order valence-electron chi connectivity index (χ0n) is 30.6. The van der Waals surface area contributed by atoms with E-state index in [0.717, 1.165) is 41.9 Å². The van der Waals surface area contributed by atoms with Crippen LogP contribution in [0.2, 0.25) is 0 Å². The van der Waals surface area contributed by atoms with Crippen LogP contribution in [0.3, 0.4) is 0 Å². The average molecular weight is 727 g/mol. The molecule has 0 aliphatic carbocycles. The van der Waals surface area contributed by atoms with Crippen molar-refractivity contribution in [1.29, 1.82) is 0 Å². The molecule has 0 saturated carbocycles. The number of piperidine rings is 1. The lowest BCUT2D eigenvalue weighted by molar-refractivity contribution is -0.136. The molecule has 4 aliphatic heterocycles. The highest BCUT2D eigenvalue weighted by molar-refractivity contribution is 8.01. The van der Waals surface area contributed by atoms with Gasteiger partial charge in [-0.2, -0.15) is 0 Å². The number of likely N-dealkylation sites (tertiary alicyclic amines) is 1. The van der Waals surface area contributed by atoms with E-state index in [0.29, 0.717) is 64.2 Å². The van der Waals surface area contributed by atoms with Crippen LogP contribution in [0.25, 0.3) is 0 Å². The van der Waals surface area contributed by atoms with Crippen molar-refractivity contribution in [3.05, 3.63) is 95.3 Å². The number of benzene rings is 3. The molecule has 3 aromatic rings. The fourth-order valence-corrected chi connectivity index (χ4v) is 9.70. The van der Waals surface area contributed by atoms with Crippen molar-refractivity contribution in [2.45, 2.75) is 75.1 Å². The number of rotatable bonds is 8. The monoisotopic (exact) mass is 726 g/mol. The van der Waals surface area contributed by atoms with E-state index in [2.05, 4.69) is 54.1 Å². The topological polar surface area (TPSA) is 79.4 Å². The largest absolute Gasteiger partial charge is 0.366 e. The van der Waals surface area contributed by atoms with Crippen LogP contribution in [0.4, 0.5) is 20.6 Å². The molecule has 1 N–H and O–H groups in total. The number of hydrogen-bond donors (Lipinski definition) is 1. The van der Waals surface area contributed by atoms with Crippen LogP contribution in [0.15, 0.2) is 72.8 Å². The lowest BCUT2D eigenvalue weighted by Crippen LogP contribution is -2.53. The van der Waals surface area contributed by atoms with Crippen LogP contribution < -0.4 is 10.2 Å². The number of nitrogens with zero attached hydrogens (tertiary/aromatic N) is 5. The summed E-state index contributed by atoms with van der Waals surface area (Å²) in [5.74, 6) is -0.386. The number of urea groups is 1. The third kappa shape index (κ3) is 7.81. The molecule has 52 heavy (non-hydrogen) atoms. The van der Waals surface area contributed by atoms with Gasteiger partial charge < -0.3 is 24.9 Å². The Labute approximate surface area is 311 Å². The van der Waals surface area contributed by atoms with Gasteiger partial charge in [0.05, 0.1) is 10.9 Å². The van der Waals surface area contributed by atoms with Crippen LogP contribution in [0.1, 0.15) is 62.1 Å². The Hall–Kier alpha value is -4.09. The second-order valence-corrected chi connectivity index (χ2v) is 16.7. The lowest BCUT2D eigenvalue weighted by Gasteiger charge is -2.43. The van der Waals surface area contributed by atoms with E-state index >= 15 is 4.39 Å². The third-order valence-corrected chi connectivity index (χ3v) is 12.7. The van der Waals surface area contributed by atoms with Gasteiger partial charge in [-0.1, -0.05) is 60.7 Å². The van der Waals surface area contributed by atoms with Gasteiger partial charge in [-0.05, 0) is 69.7 Å². The Morgan fingerprint density at radius 1 is 0.865 bits per heavy atom. The number of carbonyl (C=O) groups is 3. The molecular weight excluding hydrogens is 676 g/mol. The van der Waals surface area contributed by atoms with E-state index in [1.165, 1.54) is 17.8 Å². The summed E-state index contributed by atoms with van der Waals surface area (Å²) in [7, 11) is 0. The van der Waals surface area contributed by atoms with E-state index in [1.807, 2.05) is 57.2 Å². The lowest BCUT2D eigenvalue weighted by atomic mass is 10.0. The van der Waals surface area contributed by atoms with Crippen molar-refractivity contribution in [1.82, 2.24) is 19.6 Å². The Bertz CT molecular complexity index is 1750. The van der Waals surface area contributed by atoms with Gasteiger partial charge in [0.2, 0.25) is 11.8 Å². The molecule has 0 aromatic heterocycles. The first-order chi connectivity index (χ1) is 25.1. The van der Waals surface area contributed by atoms with Gasteiger partial charge in [-0.15, -0.1) is 11.8 Å². The van der Waals surface area contributed by atoms with Crippen molar-refractivity contribution >= 4 is 41.0 Å². The van der Waals surface area contributed by atoms with Crippen molar-refractivity contribution in [3.63, 3.8) is 0 Å². The van der Waals surface area contributed by atoms with Gasteiger partial charge in [0.1, 0.15) is 11.2 Å². The molecule has 3 saturated heterocycles. The number of anilines is 2. The van der Waals surface area contributed by atoms with E-state index in [1.54, 1.807) is 6.07 Å². The molecule has 4 heterocycles. The molecule has 4 amide bonds. The smallest absolute Gasteiger partial charge is 0.322 e. The molecule has 0 radical (unpaired) electrons. The molecule has 0 bridgehead atoms. The molecule has 0 spiro atoms. The second-order valence-electron chi connectivity index (χ2n) is 15.4. The number of hydrogen-bond acceptors (Lipinski definition) is 6. The molecule has 11 heteroatoms. The summed E-state index contributed by atoms with van der Waals surface area (Å²) < 4.78 is 15.9. The first-order valence-corrected chi connectivity index (χ1v) is 19.7. The number of thioether (sulfide) groups is 1. The van der Waals surface area contributed by atoms with E-state index in [-0.39, 0.29) is 41.7 Å². The summed E-state index contributed by atoms with van der Waals surface area (Å²) in [5, 5.41) is 2.10. The zero-order chi connectivity index (χ0) is 36.4. The predicted molar refractivity (Wildman–Crippen MR) is 206 cm³/mol. The number of halogens is 1. The van der Waals surface area contributed by atoms with Crippen molar-refractivity contribution < 1.29 is 18.8 Å². The molecular formula is C41H51FN6O3S. The summed E-state index contributed by atoms with van der Waals surface area (Å²) in [6.07, 6.45) is 2.95. The highest BCUT2D eigenvalue weighted by atomic mass is 32.2. The van der Waals surface area contributed by atoms with Gasteiger partial charge in [-0.25, -0.2) is 9.18 Å². The number of carbonyl (C=O) groups excluding carboxylic acids is 3. The first kappa shape index (κ1) is 36.3. The highest BCUT2D eigenvalue weighted by Gasteiger charge is 2.44. The fraction of sp³-hybridized carbons (Fsp3) is 0.488. The Kier molecular flexibility index (Phi) is 10.8. The zero-order valence-corrected chi connectivity index (χ0v) is 31.4.